The molecule has 0 spiro atoms. The third kappa shape index (κ3) is 3.75. The van der Waals surface area contributed by atoms with Crippen molar-refractivity contribution in [3.8, 4) is 11.5 Å². The number of ether oxygens (including phenoxy) is 2. The molecule has 0 fully saturated rings. The monoisotopic (exact) mass is 272 g/mol. The van der Waals surface area contributed by atoms with Crippen LogP contribution in [0.4, 0.5) is 0 Å². The molecule has 0 saturated heterocycles. The minimum Gasteiger partial charge on any atom is -0.497 e. The van der Waals surface area contributed by atoms with Crippen molar-refractivity contribution >= 4 is 5.97 Å². The summed E-state index contributed by atoms with van der Waals surface area (Å²) in [5, 5.41) is 8.89. The fourth-order valence-electron chi connectivity index (χ4n) is 1.80. The Hall–Kier alpha value is -2.49. The van der Waals surface area contributed by atoms with Crippen LogP contribution in [0.15, 0.2) is 48.5 Å². The number of carboxylic acid groups (broad SMARTS) is 1. The summed E-state index contributed by atoms with van der Waals surface area (Å²) in [6.07, 6.45) is 0.751. The van der Waals surface area contributed by atoms with Gasteiger partial charge in [-0.25, -0.2) is 4.79 Å². The van der Waals surface area contributed by atoms with Gasteiger partial charge in [-0.05, 0) is 35.9 Å². The number of hydrogen-bond acceptors (Lipinski definition) is 3. The average molecular weight is 272 g/mol. The highest BCUT2D eigenvalue weighted by molar-refractivity contribution is 5.87. The fraction of sp³-hybridized carbons (Fsp3) is 0.188. The standard InChI is InChI=1S/C16H16O4/c1-19-14-7-5-12(6-8-14)9-10-20-15-4-2-3-13(11-15)16(17)18/h2-8,11H,9-10H2,1H3,(H,17,18). The van der Waals surface area contributed by atoms with E-state index in [1.165, 1.54) is 6.07 Å². The van der Waals surface area contributed by atoms with Crippen LogP contribution in [0.1, 0.15) is 15.9 Å². The number of rotatable bonds is 6. The number of methoxy groups -OCH3 is 1. The summed E-state index contributed by atoms with van der Waals surface area (Å²) in [6, 6.07) is 14.3. The molecule has 1 N–H and O–H groups in total. The van der Waals surface area contributed by atoms with Crippen LogP contribution >= 0.6 is 0 Å². The molecule has 0 atom stereocenters. The first-order chi connectivity index (χ1) is 9.69. The van der Waals surface area contributed by atoms with E-state index in [0.29, 0.717) is 12.4 Å². The van der Waals surface area contributed by atoms with Gasteiger partial charge in [-0.2, -0.15) is 0 Å². The Morgan fingerprint density at radius 2 is 1.85 bits per heavy atom. The highest BCUT2D eigenvalue weighted by Crippen LogP contribution is 2.15. The van der Waals surface area contributed by atoms with E-state index < -0.39 is 5.97 Å². The molecule has 0 aliphatic carbocycles. The molecule has 104 valence electrons. The van der Waals surface area contributed by atoms with Gasteiger partial charge in [0.15, 0.2) is 0 Å². The van der Waals surface area contributed by atoms with E-state index >= 15 is 0 Å². The van der Waals surface area contributed by atoms with Gasteiger partial charge in [-0.3, -0.25) is 0 Å². The van der Waals surface area contributed by atoms with Crippen LogP contribution in [-0.2, 0) is 6.42 Å². The zero-order valence-corrected chi connectivity index (χ0v) is 11.2. The largest absolute Gasteiger partial charge is 0.497 e. The van der Waals surface area contributed by atoms with Crippen molar-refractivity contribution in [3.05, 3.63) is 59.7 Å². The van der Waals surface area contributed by atoms with E-state index in [9.17, 15) is 4.79 Å². The Labute approximate surface area is 117 Å². The van der Waals surface area contributed by atoms with E-state index in [1.54, 1.807) is 25.3 Å². The van der Waals surface area contributed by atoms with Gasteiger partial charge in [0.2, 0.25) is 0 Å². The van der Waals surface area contributed by atoms with E-state index in [0.717, 1.165) is 17.7 Å². The highest BCUT2D eigenvalue weighted by Gasteiger charge is 2.03. The first-order valence-corrected chi connectivity index (χ1v) is 6.28. The van der Waals surface area contributed by atoms with Gasteiger partial charge in [-0.15, -0.1) is 0 Å². The number of carboxylic acids is 1. The third-order valence-corrected chi connectivity index (χ3v) is 2.90. The van der Waals surface area contributed by atoms with Gasteiger partial charge < -0.3 is 14.6 Å². The Morgan fingerprint density at radius 1 is 1.10 bits per heavy atom. The number of carbonyl (C=O) groups is 1. The predicted octanol–water partition coefficient (Wildman–Crippen LogP) is 3.01. The SMILES string of the molecule is COc1ccc(CCOc2cccc(C(=O)O)c2)cc1. The van der Waals surface area contributed by atoms with Gasteiger partial charge in [0.05, 0.1) is 19.3 Å². The minimum atomic E-state index is -0.953. The lowest BCUT2D eigenvalue weighted by atomic mass is 10.1. The summed E-state index contributed by atoms with van der Waals surface area (Å²) in [5.74, 6) is 0.438. The van der Waals surface area contributed by atoms with Gasteiger partial charge >= 0.3 is 5.97 Å². The van der Waals surface area contributed by atoms with Gasteiger partial charge in [0, 0.05) is 6.42 Å². The molecule has 0 bridgehead atoms. The molecule has 2 aromatic carbocycles. The van der Waals surface area contributed by atoms with Crippen molar-refractivity contribution in [3.63, 3.8) is 0 Å². The highest BCUT2D eigenvalue weighted by atomic mass is 16.5. The summed E-state index contributed by atoms with van der Waals surface area (Å²) < 4.78 is 10.7. The Kier molecular flexibility index (Phi) is 4.60. The summed E-state index contributed by atoms with van der Waals surface area (Å²) >= 11 is 0. The number of benzene rings is 2. The van der Waals surface area contributed by atoms with Crippen molar-refractivity contribution in [2.24, 2.45) is 0 Å². The molecule has 0 saturated carbocycles. The lowest BCUT2D eigenvalue weighted by Crippen LogP contribution is -2.03. The Bertz CT molecular complexity index is 575. The zero-order chi connectivity index (χ0) is 14.4. The molecule has 0 amide bonds. The quantitative estimate of drug-likeness (QED) is 0.878. The van der Waals surface area contributed by atoms with Crippen LogP contribution in [0.5, 0.6) is 11.5 Å². The predicted molar refractivity (Wildman–Crippen MR) is 75.6 cm³/mol. The average Bonchev–Trinajstić information content (AvgIpc) is 2.48. The molecule has 0 aliphatic rings. The number of aromatic carboxylic acids is 1. The molecule has 20 heavy (non-hydrogen) atoms. The molecule has 0 heterocycles. The van der Waals surface area contributed by atoms with Crippen LogP contribution < -0.4 is 9.47 Å². The molecule has 2 aromatic rings. The van der Waals surface area contributed by atoms with Crippen molar-refractivity contribution in [1.29, 1.82) is 0 Å². The first-order valence-electron chi connectivity index (χ1n) is 6.28. The van der Waals surface area contributed by atoms with E-state index in [1.807, 2.05) is 24.3 Å². The maximum Gasteiger partial charge on any atom is 0.335 e. The fourth-order valence-corrected chi connectivity index (χ4v) is 1.80. The van der Waals surface area contributed by atoms with E-state index in [-0.39, 0.29) is 5.56 Å². The molecule has 4 nitrogen and oxygen atoms in total. The lowest BCUT2D eigenvalue weighted by Gasteiger charge is -2.07. The van der Waals surface area contributed by atoms with Crippen LogP contribution in [0.25, 0.3) is 0 Å². The Balaban J connectivity index is 1.88. The summed E-state index contributed by atoms with van der Waals surface area (Å²) in [4.78, 5) is 10.8. The van der Waals surface area contributed by atoms with Crippen molar-refractivity contribution in [2.45, 2.75) is 6.42 Å². The number of hydrogen-bond donors (Lipinski definition) is 1. The summed E-state index contributed by atoms with van der Waals surface area (Å²) in [6.45, 7) is 0.495. The topological polar surface area (TPSA) is 55.8 Å². The van der Waals surface area contributed by atoms with Crippen molar-refractivity contribution < 1.29 is 19.4 Å². The molecule has 0 unspecified atom stereocenters. The van der Waals surface area contributed by atoms with Crippen LogP contribution in [0.3, 0.4) is 0 Å². The summed E-state index contributed by atoms with van der Waals surface area (Å²) in [5.41, 5.74) is 1.37. The second-order valence-electron chi connectivity index (χ2n) is 4.28. The molecule has 2 rings (SSSR count). The van der Waals surface area contributed by atoms with Crippen LogP contribution in [0.2, 0.25) is 0 Å². The second-order valence-corrected chi connectivity index (χ2v) is 4.28. The minimum absolute atomic E-state index is 0.229. The molecule has 0 radical (unpaired) electrons. The maximum absolute atomic E-state index is 10.8. The maximum atomic E-state index is 10.8. The molecule has 0 aromatic heterocycles. The van der Waals surface area contributed by atoms with Gasteiger partial charge in [0.1, 0.15) is 11.5 Å². The second kappa shape index (κ2) is 6.61. The van der Waals surface area contributed by atoms with E-state index in [4.69, 9.17) is 14.6 Å². The smallest absolute Gasteiger partial charge is 0.335 e. The van der Waals surface area contributed by atoms with Crippen LogP contribution in [0, 0.1) is 0 Å². The van der Waals surface area contributed by atoms with Gasteiger partial charge in [-0.1, -0.05) is 18.2 Å². The molecule has 0 aliphatic heterocycles. The Morgan fingerprint density at radius 3 is 2.50 bits per heavy atom. The van der Waals surface area contributed by atoms with Crippen molar-refractivity contribution in [2.75, 3.05) is 13.7 Å². The van der Waals surface area contributed by atoms with E-state index in [2.05, 4.69) is 0 Å². The zero-order valence-electron chi connectivity index (χ0n) is 11.2. The lowest BCUT2D eigenvalue weighted by molar-refractivity contribution is 0.0696. The van der Waals surface area contributed by atoms with Crippen molar-refractivity contribution in [1.82, 2.24) is 0 Å². The molecular weight excluding hydrogens is 256 g/mol. The molecular formula is C16H16O4. The summed E-state index contributed by atoms with van der Waals surface area (Å²) in [7, 11) is 1.63. The third-order valence-electron chi connectivity index (χ3n) is 2.90. The first kappa shape index (κ1) is 13.9. The van der Waals surface area contributed by atoms with Gasteiger partial charge in [0.25, 0.3) is 0 Å². The normalized spacial score (nSPS) is 10.1. The van der Waals surface area contributed by atoms with Crippen LogP contribution in [-0.4, -0.2) is 24.8 Å². The molecule has 4 heteroatoms.